The predicted octanol–water partition coefficient (Wildman–Crippen LogP) is 3.21. The van der Waals surface area contributed by atoms with Crippen molar-refractivity contribution in [3.8, 4) is 0 Å². The lowest BCUT2D eigenvalue weighted by Crippen LogP contribution is -1.99. The van der Waals surface area contributed by atoms with Crippen molar-refractivity contribution in [3.63, 3.8) is 0 Å². The molecule has 4 nitrogen and oxygen atoms in total. The minimum absolute atomic E-state index is 0.0782. The monoisotopic (exact) mass is 260 g/mol. The van der Waals surface area contributed by atoms with E-state index in [1.54, 1.807) is 6.92 Å². The molecule has 17 heavy (non-hydrogen) atoms. The highest BCUT2D eigenvalue weighted by atomic mass is 32.2. The molecule has 1 aromatic rings. The quantitative estimate of drug-likeness (QED) is 0.603. The topological polar surface area (TPSA) is 67.5 Å². The van der Waals surface area contributed by atoms with Crippen LogP contribution in [0.15, 0.2) is 15.4 Å². The Labute approximate surface area is 103 Å². The second-order valence-corrected chi connectivity index (χ2v) is 5.53. The van der Waals surface area contributed by atoms with Gasteiger partial charge in [0.2, 0.25) is 0 Å². The maximum absolute atomic E-state index is 11.1. The van der Waals surface area contributed by atoms with Crippen LogP contribution in [0, 0.1) is 0 Å². The van der Waals surface area contributed by atoms with Crippen molar-refractivity contribution < 1.29 is 17.4 Å². The molecule has 1 rings (SSSR count). The Balaban J connectivity index is 2.73. The third-order valence-corrected chi connectivity index (χ3v) is 3.60. The third-order valence-electron chi connectivity index (χ3n) is 2.70. The number of hydrogen-bond donors (Lipinski definition) is 1. The van der Waals surface area contributed by atoms with E-state index in [4.69, 9.17) is 8.97 Å². The van der Waals surface area contributed by atoms with Crippen LogP contribution in [0.3, 0.4) is 0 Å². The molecule has 1 aromatic heterocycles. The van der Waals surface area contributed by atoms with E-state index in [1.165, 1.54) is 12.5 Å². The third kappa shape index (κ3) is 4.16. The highest BCUT2D eigenvalue weighted by Crippen LogP contribution is 2.22. The molecule has 0 aliphatic heterocycles. The molecule has 0 atom stereocenters. The summed E-state index contributed by atoms with van der Waals surface area (Å²) in [5.41, 5.74) is 0. The van der Waals surface area contributed by atoms with Crippen LogP contribution >= 0.6 is 0 Å². The zero-order valence-corrected chi connectivity index (χ0v) is 11.2. The molecule has 0 radical (unpaired) electrons. The first kappa shape index (κ1) is 14.3. The lowest BCUT2D eigenvalue weighted by Gasteiger charge is -1.96. The van der Waals surface area contributed by atoms with E-state index in [2.05, 4.69) is 6.92 Å². The van der Waals surface area contributed by atoms with Crippen molar-refractivity contribution in [2.75, 3.05) is 0 Å². The fourth-order valence-electron chi connectivity index (χ4n) is 1.78. The van der Waals surface area contributed by atoms with E-state index < -0.39 is 10.1 Å². The number of rotatable bonds is 7. The van der Waals surface area contributed by atoms with Crippen LogP contribution in [-0.2, 0) is 23.0 Å². The smallest absolute Gasteiger partial charge is 0.298 e. The van der Waals surface area contributed by atoms with Crippen molar-refractivity contribution in [2.45, 2.75) is 57.3 Å². The van der Waals surface area contributed by atoms with E-state index in [0.717, 1.165) is 25.7 Å². The lowest BCUT2D eigenvalue weighted by molar-refractivity contribution is 0.446. The van der Waals surface area contributed by atoms with Gasteiger partial charge in [-0.25, -0.2) is 0 Å². The van der Waals surface area contributed by atoms with Gasteiger partial charge >= 0.3 is 0 Å². The van der Waals surface area contributed by atoms with Gasteiger partial charge in [-0.15, -0.1) is 0 Å². The van der Waals surface area contributed by atoms with Crippen LogP contribution in [0.5, 0.6) is 0 Å². The minimum Gasteiger partial charge on any atom is -0.465 e. The van der Waals surface area contributed by atoms with Gasteiger partial charge in [-0.3, -0.25) is 4.55 Å². The normalized spacial score (nSPS) is 11.9. The molecule has 0 fully saturated rings. The highest BCUT2D eigenvalue weighted by molar-refractivity contribution is 7.85. The summed E-state index contributed by atoms with van der Waals surface area (Å²) in [6.45, 7) is 3.94. The predicted molar refractivity (Wildman–Crippen MR) is 65.7 cm³/mol. The summed E-state index contributed by atoms with van der Waals surface area (Å²) >= 11 is 0. The van der Waals surface area contributed by atoms with Crippen LogP contribution in [0.4, 0.5) is 0 Å². The van der Waals surface area contributed by atoms with Crippen molar-refractivity contribution in [1.82, 2.24) is 0 Å². The number of aryl methyl sites for hydroxylation is 2. The zero-order valence-electron chi connectivity index (χ0n) is 10.4. The van der Waals surface area contributed by atoms with Crippen molar-refractivity contribution in [2.24, 2.45) is 0 Å². The zero-order chi connectivity index (χ0) is 12.9. The molecule has 0 spiro atoms. The summed E-state index contributed by atoms with van der Waals surface area (Å²) in [7, 11) is -4.15. The largest absolute Gasteiger partial charge is 0.465 e. The van der Waals surface area contributed by atoms with Gasteiger partial charge < -0.3 is 4.42 Å². The molecule has 1 heterocycles. The molecular weight excluding hydrogens is 240 g/mol. The number of unbranched alkanes of at least 4 members (excludes halogenated alkanes) is 3. The van der Waals surface area contributed by atoms with Gasteiger partial charge in [-0.05, 0) is 6.42 Å². The van der Waals surface area contributed by atoms with Gasteiger partial charge in [0.1, 0.15) is 16.4 Å². The molecule has 98 valence electrons. The first-order chi connectivity index (χ1) is 7.99. The average molecular weight is 260 g/mol. The van der Waals surface area contributed by atoms with Crippen LogP contribution in [-0.4, -0.2) is 13.0 Å². The van der Waals surface area contributed by atoms with E-state index in [1.807, 2.05) is 0 Å². The Bertz CT molecular complexity index is 445. The molecule has 0 unspecified atom stereocenters. The van der Waals surface area contributed by atoms with Gasteiger partial charge in [0.15, 0.2) is 0 Å². The van der Waals surface area contributed by atoms with Crippen molar-refractivity contribution >= 4 is 10.1 Å². The highest BCUT2D eigenvalue weighted by Gasteiger charge is 2.19. The molecule has 1 N–H and O–H groups in total. The first-order valence-corrected chi connectivity index (χ1v) is 7.52. The Morgan fingerprint density at radius 1 is 1.24 bits per heavy atom. The minimum atomic E-state index is -4.15. The number of hydrogen-bond acceptors (Lipinski definition) is 3. The van der Waals surface area contributed by atoms with E-state index in [-0.39, 0.29) is 4.90 Å². The average Bonchev–Trinajstić information content (AvgIpc) is 2.67. The summed E-state index contributed by atoms with van der Waals surface area (Å²) in [6, 6.07) is 1.44. The Kier molecular flexibility index (Phi) is 5.21. The van der Waals surface area contributed by atoms with Gasteiger partial charge in [0, 0.05) is 18.9 Å². The van der Waals surface area contributed by atoms with Crippen molar-refractivity contribution in [3.05, 3.63) is 17.6 Å². The van der Waals surface area contributed by atoms with Crippen LogP contribution < -0.4 is 0 Å². The molecular formula is C12H20O4S. The van der Waals surface area contributed by atoms with Gasteiger partial charge in [0.05, 0.1) is 0 Å². The standard InChI is InChI=1S/C12H20O4S/c1-3-5-6-7-8-10-9-12(17(13,14)15)11(4-2)16-10/h9H,3-8H2,1-2H3,(H,13,14,15). The maximum atomic E-state index is 11.1. The summed E-state index contributed by atoms with van der Waals surface area (Å²) in [5, 5.41) is 0. The first-order valence-electron chi connectivity index (χ1n) is 6.08. The second-order valence-electron chi connectivity index (χ2n) is 4.14. The fourth-order valence-corrected chi connectivity index (χ4v) is 2.53. The van der Waals surface area contributed by atoms with Gasteiger partial charge in [0.25, 0.3) is 10.1 Å². The molecule has 0 aromatic carbocycles. The molecule has 0 amide bonds. The molecule has 5 heteroatoms. The maximum Gasteiger partial charge on any atom is 0.298 e. The molecule has 0 aliphatic rings. The molecule has 0 aliphatic carbocycles. The number of furan rings is 1. The van der Waals surface area contributed by atoms with Gasteiger partial charge in [-0.2, -0.15) is 8.42 Å². The van der Waals surface area contributed by atoms with Crippen LogP contribution in [0.2, 0.25) is 0 Å². The molecule has 0 bridgehead atoms. The summed E-state index contributed by atoms with van der Waals surface area (Å²) in [5.74, 6) is 0.989. The summed E-state index contributed by atoms with van der Waals surface area (Å²) < 4.78 is 36.7. The van der Waals surface area contributed by atoms with Crippen molar-refractivity contribution in [1.29, 1.82) is 0 Å². The Morgan fingerprint density at radius 2 is 1.94 bits per heavy atom. The molecule has 0 saturated carbocycles. The van der Waals surface area contributed by atoms with Crippen LogP contribution in [0.1, 0.15) is 51.1 Å². The van der Waals surface area contributed by atoms with E-state index in [9.17, 15) is 8.42 Å². The fraction of sp³-hybridized carbons (Fsp3) is 0.667. The van der Waals surface area contributed by atoms with E-state index in [0.29, 0.717) is 17.9 Å². The lowest BCUT2D eigenvalue weighted by atomic mass is 10.1. The van der Waals surface area contributed by atoms with Gasteiger partial charge in [-0.1, -0.05) is 33.1 Å². The van der Waals surface area contributed by atoms with E-state index >= 15 is 0 Å². The molecule has 0 saturated heterocycles. The SMILES string of the molecule is CCCCCCc1cc(S(=O)(=O)O)c(CC)o1. The summed E-state index contributed by atoms with van der Waals surface area (Å²) in [6.07, 6.45) is 5.61. The summed E-state index contributed by atoms with van der Waals surface area (Å²) in [4.78, 5) is -0.0782. The van der Waals surface area contributed by atoms with Crippen LogP contribution in [0.25, 0.3) is 0 Å². The Morgan fingerprint density at radius 3 is 2.41 bits per heavy atom. The Hall–Kier alpha value is -0.810. The second kappa shape index (κ2) is 6.21.